The molecule has 162 valence electrons. The largest absolute Gasteiger partial charge is 0.378 e. The van der Waals surface area contributed by atoms with Crippen molar-refractivity contribution < 1.29 is 13.9 Å². The molecule has 0 bridgehead atoms. The minimum Gasteiger partial charge on any atom is -0.378 e. The number of fused-ring (bicyclic) bond motifs is 1. The molecule has 2 atom stereocenters. The van der Waals surface area contributed by atoms with E-state index in [4.69, 9.17) is 4.74 Å². The first-order valence-electron chi connectivity index (χ1n) is 9.45. The molecule has 2 N–H and O–H groups in total. The summed E-state index contributed by atoms with van der Waals surface area (Å²) >= 11 is 0. The van der Waals surface area contributed by atoms with E-state index in [0.29, 0.717) is 26.2 Å². The van der Waals surface area contributed by atoms with Gasteiger partial charge in [-0.3, -0.25) is 4.79 Å². The highest BCUT2D eigenvalue weighted by Crippen LogP contribution is 2.20. The first-order chi connectivity index (χ1) is 13.7. The fourth-order valence-corrected chi connectivity index (χ4v) is 3.51. The molecule has 4 rings (SSSR count). The van der Waals surface area contributed by atoms with Crippen molar-refractivity contribution in [1.29, 1.82) is 0 Å². The van der Waals surface area contributed by atoms with Gasteiger partial charge in [0.1, 0.15) is 5.82 Å². The number of amides is 1. The molecule has 9 heteroatoms. The molecule has 1 fully saturated rings. The first-order valence-corrected chi connectivity index (χ1v) is 9.45. The number of hydrogen-bond acceptors (Lipinski definition) is 4. The number of carbonyl (C=O) groups is 1. The number of nitrogens with one attached hydrogen (secondary N) is 2. The number of benzene rings is 2. The number of para-hydroxylation sites is 2. The Kier molecular flexibility index (Phi) is 9.05. The van der Waals surface area contributed by atoms with E-state index in [-0.39, 0.29) is 48.6 Å². The van der Waals surface area contributed by atoms with E-state index in [2.05, 4.69) is 15.6 Å². The van der Waals surface area contributed by atoms with E-state index < -0.39 is 0 Å². The van der Waals surface area contributed by atoms with Crippen LogP contribution in [0.3, 0.4) is 0 Å². The van der Waals surface area contributed by atoms with E-state index >= 15 is 0 Å². The SMILES string of the molecule is Cl.Cl.O=C(CC1COCCN1)NC(Cn1cnc2ccccc21)c1ccc(F)cc1. The molecule has 0 saturated carbocycles. The Morgan fingerprint density at radius 3 is 2.73 bits per heavy atom. The molecule has 1 aromatic heterocycles. The van der Waals surface area contributed by atoms with Gasteiger partial charge in [-0.05, 0) is 29.8 Å². The topological polar surface area (TPSA) is 68.2 Å². The number of morpholine rings is 1. The smallest absolute Gasteiger partial charge is 0.222 e. The number of nitrogens with zero attached hydrogens (tertiary/aromatic N) is 2. The quantitative estimate of drug-likeness (QED) is 0.599. The van der Waals surface area contributed by atoms with Crippen LogP contribution < -0.4 is 10.6 Å². The summed E-state index contributed by atoms with van der Waals surface area (Å²) in [6.07, 6.45) is 2.10. The lowest BCUT2D eigenvalue weighted by Crippen LogP contribution is -2.45. The average Bonchev–Trinajstić information content (AvgIpc) is 3.12. The summed E-state index contributed by atoms with van der Waals surface area (Å²) in [7, 11) is 0. The monoisotopic (exact) mass is 454 g/mol. The van der Waals surface area contributed by atoms with Crippen LogP contribution in [0.5, 0.6) is 0 Å². The van der Waals surface area contributed by atoms with E-state index in [1.54, 1.807) is 18.5 Å². The van der Waals surface area contributed by atoms with Crippen molar-refractivity contribution in [2.24, 2.45) is 0 Å². The summed E-state index contributed by atoms with van der Waals surface area (Å²) in [5.41, 5.74) is 2.74. The lowest BCUT2D eigenvalue weighted by Gasteiger charge is -2.25. The van der Waals surface area contributed by atoms with Gasteiger partial charge in [0, 0.05) is 25.6 Å². The van der Waals surface area contributed by atoms with Gasteiger partial charge in [-0.1, -0.05) is 24.3 Å². The minimum absolute atomic E-state index is 0. The minimum atomic E-state index is -0.300. The zero-order valence-electron chi connectivity index (χ0n) is 16.3. The second-order valence-corrected chi connectivity index (χ2v) is 6.99. The van der Waals surface area contributed by atoms with Crippen molar-refractivity contribution in [2.45, 2.75) is 25.0 Å². The molecule has 30 heavy (non-hydrogen) atoms. The maximum atomic E-state index is 13.4. The summed E-state index contributed by atoms with van der Waals surface area (Å²) in [6.45, 7) is 2.46. The number of carbonyl (C=O) groups excluding carboxylic acids is 1. The van der Waals surface area contributed by atoms with Gasteiger partial charge in [0.05, 0.1) is 36.6 Å². The lowest BCUT2D eigenvalue weighted by atomic mass is 10.1. The van der Waals surface area contributed by atoms with E-state index in [0.717, 1.165) is 23.1 Å². The Morgan fingerprint density at radius 2 is 2.00 bits per heavy atom. The third-order valence-electron chi connectivity index (χ3n) is 4.94. The molecule has 1 aliphatic heterocycles. The summed E-state index contributed by atoms with van der Waals surface area (Å²) in [5.74, 6) is -0.368. The van der Waals surface area contributed by atoms with Gasteiger partial charge in [0.15, 0.2) is 0 Å². The molecule has 0 aliphatic carbocycles. The number of aromatic nitrogens is 2. The lowest BCUT2D eigenvalue weighted by molar-refractivity contribution is -0.123. The van der Waals surface area contributed by atoms with Gasteiger partial charge in [-0.15, -0.1) is 24.8 Å². The van der Waals surface area contributed by atoms with Crippen LogP contribution >= 0.6 is 24.8 Å². The van der Waals surface area contributed by atoms with Crippen LogP contribution in [0.15, 0.2) is 54.9 Å². The predicted molar refractivity (Wildman–Crippen MR) is 119 cm³/mol. The van der Waals surface area contributed by atoms with Crippen molar-refractivity contribution >= 4 is 41.8 Å². The van der Waals surface area contributed by atoms with Crippen LogP contribution in [0.4, 0.5) is 4.39 Å². The van der Waals surface area contributed by atoms with Gasteiger partial charge in [0.2, 0.25) is 5.91 Å². The van der Waals surface area contributed by atoms with Crippen molar-refractivity contribution in [3.63, 3.8) is 0 Å². The van der Waals surface area contributed by atoms with Gasteiger partial charge >= 0.3 is 0 Å². The number of imidazole rings is 1. The summed E-state index contributed by atoms with van der Waals surface area (Å²) in [6, 6.07) is 13.8. The summed E-state index contributed by atoms with van der Waals surface area (Å²) < 4.78 is 20.8. The molecule has 0 spiro atoms. The number of ether oxygens (including phenoxy) is 1. The molecule has 3 aromatic rings. The Bertz CT molecular complexity index is 946. The van der Waals surface area contributed by atoms with Crippen molar-refractivity contribution in [3.05, 3.63) is 66.2 Å². The van der Waals surface area contributed by atoms with Crippen molar-refractivity contribution in [2.75, 3.05) is 19.8 Å². The Labute approximate surface area is 187 Å². The molecule has 1 saturated heterocycles. The Balaban J connectivity index is 0.00000160. The molecule has 6 nitrogen and oxygen atoms in total. The van der Waals surface area contributed by atoms with Crippen LogP contribution in [0.25, 0.3) is 11.0 Å². The van der Waals surface area contributed by atoms with Gasteiger partial charge in [-0.25, -0.2) is 9.37 Å². The fraction of sp³-hybridized carbons (Fsp3) is 0.333. The molecule has 2 unspecified atom stereocenters. The molecule has 2 aromatic carbocycles. The fourth-order valence-electron chi connectivity index (χ4n) is 3.51. The van der Waals surface area contributed by atoms with Gasteiger partial charge in [0.25, 0.3) is 0 Å². The molecule has 1 amide bonds. The number of rotatable bonds is 6. The van der Waals surface area contributed by atoms with Gasteiger partial charge < -0.3 is 19.9 Å². The van der Waals surface area contributed by atoms with Crippen LogP contribution in [-0.2, 0) is 16.1 Å². The van der Waals surface area contributed by atoms with E-state index in [1.165, 1.54) is 12.1 Å². The Morgan fingerprint density at radius 1 is 1.23 bits per heavy atom. The zero-order valence-corrected chi connectivity index (χ0v) is 17.9. The van der Waals surface area contributed by atoms with Crippen LogP contribution in [-0.4, -0.2) is 41.3 Å². The summed E-state index contributed by atoms with van der Waals surface area (Å²) in [5, 5.41) is 6.39. The standard InChI is InChI=1S/C21H23FN4O2.2ClH/c22-16-7-5-15(6-8-16)19(25-21(27)11-17-13-28-10-9-23-17)12-26-14-24-18-3-1-2-4-20(18)26;;/h1-8,14,17,19,23H,9-13H2,(H,25,27);2*1H. The van der Waals surface area contributed by atoms with Crippen LogP contribution in [0, 0.1) is 5.82 Å². The number of halogens is 3. The van der Waals surface area contributed by atoms with Crippen molar-refractivity contribution in [3.8, 4) is 0 Å². The molecule has 2 heterocycles. The molecule has 1 aliphatic rings. The second kappa shape index (κ2) is 11.3. The third kappa shape index (κ3) is 5.92. The zero-order chi connectivity index (χ0) is 19.3. The maximum absolute atomic E-state index is 13.4. The maximum Gasteiger partial charge on any atom is 0.222 e. The molecule has 0 radical (unpaired) electrons. The highest BCUT2D eigenvalue weighted by atomic mass is 35.5. The second-order valence-electron chi connectivity index (χ2n) is 6.99. The first kappa shape index (κ1) is 24.1. The highest BCUT2D eigenvalue weighted by molar-refractivity contribution is 5.85. The highest BCUT2D eigenvalue weighted by Gasteiger charge is 2.21. The van der Waals surface area contributed by atoms with Gasteiger partial charge in [-0.2, -0.15) is 0 Å². The predicted octanol–water partition coefficient (Wildman–Crippen LogP) is 3.26. The number of hydrogen-bond donors (Lipinski definition) is 2. The van der Waals surface area contributed by atoms with Crippen LogP contribution in [0.1, 0.15) is 18.0 Å². The molecular weight excluding hydrogens is 430 g/mol. The normalized spacial score (nSPS) is 16.9. The van der Waals surface area contributed by atoms with E-state index in [9.17, 15) is 9.18 Å². The van der Waals surface area contributed by atoms with Crippen LogP contribution in [0.2, 0.25) is 0 Å². The Hall–Kier alpha value is -2.19. The van der Waals surface area contributed by atoms with Crippen molar-refractivity contribution in [1.82, 2.24) is 20.2 Å². The average molecular weight is 455 g/mol. The third-order valence-corrected chi connectivity index (χ3v) is 4.94. The molecular formula is C21H25Cl2FN4O2. The van der Waals surface area contributed by atoms with E-state index in [1.807, 2.05) is 28.8 Å². The summed E-state index contributed by atoms with van der Waals surface area (Å²) in [4.78, 5) is 17.1.